The number of hydrogen-bond acceptors (Lipinski definition) is 3. The smallest absolute Gasteiger partial charge is 0.0550 e. The summed E-state index contributed by atoms with van der Waals surface area (Å²) in [7, 11) is 0. The van der Waals surface area contributed by atoms with Crippen LogP contribution in [0.25, 0.3) is 0 Å². The minimum Gasteiger partial charge on any atom is -0.271 e. The number of thiophene rings is 1. The molecule has 0 spiro atoms. The molecule has 0 aliphatic heterocycles. The predicted octanol–water partition coefficient (Wildman–Crippen LogP) is 1.66. The van der Waals surface area contributed by atoms with E-state index in [0.29, 0.717) is 6.04 Å². The second-order valence-corrected chi connectivity index (χ2v) is 3.12. The molecule has 0 unspecified atom stereocenters. The first-order chi connectivity index (χ1) is 4.88. The van der Waals surface area contributed by atoms with Crippen LogP contribution in [0.1, 0.15) is 24.3 Å². The minimum atomic E-state index is 0.333. The monoisotopic (exact) mass is 156 g/mol. The Hall–Kier alpha value is -0.380. The molecule has 1 aromatic heterocycles. The van der Waals surface area contributed by atoms with E-state index in [9.17, 15) is 0 Å². The largest absolute Gasteiger partial charge is 0.271 e. The van der Waals surface area contributed by atoms with E-state index in [1.54, 1.807) is 11.3 Å². The first-order valence-corrected chi connectivity index (χ1v) is 4.26. The average Bonchev–Trinajstić information content (AvgIpc) is 2.43. The van der Waals surface area contributed by atoms with E-state index in [-0.39, 0.29) is 0 Å². The van der Waals surface area contributed by atoms with Crippen LogP contribution in [0, 0.1) is 0 Å². The van der Waals surface area contributed by atoms with Gasteiger partial charge in [-0.2, -0.15) is 0 Å². The Balaban J connectivity index is 2.64. The lowest BCUT2D eigenvalue weighted by Gasteiger charge is -2.09. The number of hydrazine groups is 1. The van der Waals surface area contributed by atoms with Gasteiger partial charge in [0.25, 0.3) is 0 Å². The van der Waals surface area contributed by atoms with Crippen molar-refractivity contribution >= 4 is 11.3 Å². The van der Waals surface area contributed by atoms with Gasteiger partial charge in [0.1, 0.15) is 0 Å². The number of hydrogen-bond donors (Lipinski definition) is 2. The highest BCUT2D eigenvalue weighted by atomic mass is 32.1. The predicted molar refractivity (Wildman–Crippen MR) is 44.7 cm³/mol. The van der Waals surface area contributed by atoms with Crippen molar-refractivity contribution in [1.29, 1.82) is 0 Å². The normalized spacial score (nSPS) is 13.4. The van der Waals surface area contributed by atoms with Gasteiger partial charge in [-0.3, -0.25) is 11.3 Å². The molecule has 0 saturated carbocycles. The molecule has 56 valence electrons. The Morgan fingerprint density at radius 3 is 3.00 bits per heavy atom. The third-order valence-electron chi connectivity index (χ3n) is 1.50. The molecule has 1 aromatic rings. The summed E-state index contributed by atoms with van der Waals surface area (Å²) >= 11 is 1.74. The molecule has 0 aliphatic carbocycles. The molecule has 0 aromatic carbocycles. The fourth-order valence-electron chi connectivity index (χ4n) is 0.891. The van der Waals surface area contributed by atoms with Crippen molar-refractivity contribution in [2.24, 2.45) is 5.84 Å². The van der Waals surface area contributed by atoms with E-state index in [1.165, 1.54) is 4.88 Å². The van der Waals surface area contributed by atoms with Gasteiger partial charge in [0.2, 0.25) is 0 Å². The van der Waals surface area contributed by atoms with Gasteiger partial charge in [-0.25, -0.2) is 0 Å². The zero-order valence-corrected chi connectivity index (χ0v) is 6.82. The van der Waals surface area contributed by atoms with E-state index in [2.05, 4.69) is 23.8 Å². The standard InChI is InChI=1S/C7H12N2S/c1-2-6(9-8)7-4-3-5-10-7/h3-6,9H,2,8H2,1H3/t6-/m1/s1. The number of nitrogens with one attached hydrogen (secondary N) is 1. The lowest BCUT2D eigenvalue weighted by molar-refractivity contribution is 0.547. The third kappa shape index (κ3) is 1.56. The summed E-state index contributed by atoms with van der Waals surface area (Å²) in [5.74, 6) is 5.33. The topological polar surface area (TPSA) is 38.0 Å². The van der Waals surface area contributed by atoms with E-state index < -0.39 is 0 Å². The quantitative estimate of drug-likeness (QED) is 0.516. The fourth-order valence-corrected chi connectivity index (χ4v) is 1.76. The van der Waals surface area contributed by atoms with Crippen molar-refractivity contribution < 1.29 is 0 Å². The molecular formula is C7H12N2S. The van der Waals surface area contributed by atoms with Crippen LogP contribution in [0.2, 0.25) is 0 Å². The van der Waals surface area contributed by atoms with Crippen LogP contribution in [-0.2, 0) is 0 Å². The van der Waals surface area contributed by atoms with Crippen molar-refractivity contribution in [2.75, 3.05) is 0 Å². The maximum atomic E-state index is 5.33. The van der Waals surface area contributed by atoms with Crippen LogP contribution in [0.15, 0.2) is 17.5 Å². The fraction of sp³-hybridized carbons (Fsp3) is 0.429. The van der Waals surface area contributed by atoms with Crippen molar-refractivity contribution in [3.8, 4) is 0 Å². The summed E-state index contributed by atoms with van der Waals surface area (Å²) in [5.41, 5.74) is 2.76. The van der Waals surface area contributed by atoms with Crippen molar-refractivity contribution in [1.82, 2.24) is 5.43 Å². The first-order valence-electron chi connectivity index (χ1n) is 3.38. The van der Waals surface area contributed by atoms with Crippen molar-refractivity contribution in [3.05, 3.63) is 22.4 Å². The maximum Gasteiger partial charge on any atom is 0.0550 e. The highest BCUT2D eigenvalue weighted by Gasteiger charge is 2.05. The van der Waals surface area contributed by atoms with E-state index in [1.807, 2.05) is 6.07 Å². The molecular weight excluding hydrogens is 144 g/mol. The second kappa shape index (κ2) is 3.71. The number of rotatable bonds is 3. The summed E-state index contributed by atoms with van der Waals surface area (Å²) in [5, 5.41) is 2.06. The molecule has 0 saturated heterocycles. The molecule has 1 rings (SSSR count). The molecule has 0 fully saturated rings. The van der Waals surface area contributed by atoms with Gasteiger partial charge in [-0.1, -0.05) is 13.0 Å². The molecule has 0 aliphatic rings. The molecule has 0 radical (unpaired) electrons. The summed E-state index contributed by atoms with van der Waals surface area (Å²) < 4.78 is 0. The molecule has 10 heavy (non-hydrogen) atoms. The molecule has 0 bridgehead atoms. The van der Waals surface area contributed by atoms with Gasteiger partial charge in [-0.15, -0.1) is 11.3 Å². The highest BCUT2D eigenvalue weighted by Crippen LogP contribution is 2.20. The van der Waals surface area contributed by atoms with E-state index in [0.717, 1.165) is 6.42 Å². The molecule has 0 amide bonds. The minimum absolute atomic E-state index is 0.333. The number of nitrogens with two attached hydrogens (primary N) is 1. The van der Waals surface area contributed by atoms with Gasteiger partial charge in [-0.05, 0) is 17.9 Å². The summed E-state index contributed by atoms with van der Waals surface area (Å²) in [6.45, 7) is 2.12. The van der Waals surface area contributed by atoms with Gasteiger partial charge < -0.3 is 0 Å². The first kappa shape index (κ1) is 7.72. The SMILES string of the molecule is CC[C@@H](NN)c1cccs1. The van der Waals surface area contributed by atoms with E-state index >= 15 is 0 Å². The molecule has 1 heterocycles. The van der Waals surface area contributed by atoms with Crippen molar-refractivity contribution in [3.63, 3.8) is 0 Å². The van der Waals surface area contributed by atoms with Crippen LogP contribution >= 0.6 is 11.3 Å². The lowest BCUT2D eigenvalue weighted by atomic mass is 10.2. The molecule has 1 atom stereocenters. The zero-order valence-electron chi connectivity index (χ0n) is 6.00. The summed E-state index contributed by atoms with van der Waals surface area (Å²) in [4.78, 5) is 1.31. The lowest BCUT2D eigenvalue weighted by Crippen LogP contribution is -2.26. The Morgan fingerprint density at radius 2 is 2.60 bits per heavy atom. The summed E-state index contributed by atoms with van der Waals surface area (Å²) in [6.07, 6.45) is 1.04. The van der Waals surface area contributed by atoms with Gasteiger partial charge >= 0.3 is 0 Å². The highest BCUT2D eigenvalue weighted by molar-refractivity contribution is 7.10. The van der Waals surface area contributed by atoms with Crippen LogP contribution in [0.5, 0.6) is 0 Å². The van der Waals surface area contributed by atoms with Gasteiger partial charge in [0.05, 0.1) is 6.04 Å². The van der Waals surface area contributed by atoms with Gasteiger partial charge in [0, 0.05) is 4.88 Å². The Morgan fingerprint density at radius 1 is 1.80 bits per heavy atom. The molecule has 2 nitrogen and oxygen atoms in total. The Labute approximate surface area is 65.0 Å². The maximum absolute atomic E-state index is 5.33. The van der Waals surface area contributed by atoms with E-state index in [4.69, 9.17) is 5.84 Å². The molecule has 3 heteroatoms. The van der Waals surface area contributed by atoms with Crippen molar-refractivity contribution in [2.45, 2.75) is 19.4 Å². The van der Waals surface area contributed by atoms with Crippen LogP contribution in [0.3, 0.4) is 0 Å². The zero-order chi connectivity index (χ0) is 7.40. The Bertz CT molecular complexity index is 168. The Kier molecular flexibility index (Phi) is 2.86. The summed E-state index contributed by atoms with van der Waals surface area (Å²) in [6, 6.07) is 4.47. The van der Waals surface area contributed by atoms with Crippen LogP contribution in [0.4, 0.5) is 0 Å². The molecule has 3 N–H and O–H groups in total. The van der Waals surface area contributed by atoms with Gasteiger partial charge in [0.15, 0.2) is 0 Å². The third-order valence-corrected chi connectivity index (χ3v) is 2.48. The average molecular weight is 156 g/mol. The second-order valence-electron chi connectivity index (χ2n) is 2.14. The van der Waals surface area contributed by atoms with Crippen LogP contribution in [-0.4, -0.2) is 0 Å². The van der Waals surface area contributed by atoms with Crippen LogP contribution < -0.4 is 11.3 Å².